The fourth-order valence-electron chi connectivity index (χ4n) is 2.91. The Hall–Kier alpha value is -3.38. The molecule has 172 valence electrons. The number of benzene rings is 1. The van der Waals surface area contributed by atoms with E-state index in [2.05, 4.69) is 15.5 Å². The second kappa shape index (κ2) is 9.01. The summed E-state index contributed by atoms with van der Waals surface area (Å²) in [5.74, 6) is -0.825. The van der Waals surface area contributed by atoms with Gasteiger partial charge in [0.05, 0.1) is 24.0 Å². The average Bonchev–Trinajstić information content (AvgIpc) is 3.34. The summed E-state index contributed by atoms with van der Waals surface area (Å²) in [6, 6.07) is 3.81. The number of carbonyl (C=O) groups excluding carboxylic acids is 1. The number of hydrogen-bond acceptors (Lipinski definition) is 3. The van der Waals surface area contributed by atoms with Gasteiger partial charge in [-0.05, 0) is 30.7 Å². The number of halogens is 7. The predicted molar refractivity (Wildman–Crippen MR) is 98.3 cm³/mol. The molecule has 1 amide bonds. The Bertz CT molecular complexity index is 1090. The maximum Gasteiger partial charge on any atom is 0.416 e. The number of nitrogens with zero attached hydrogens (tertiary/aromatic N) is 4. The Labute approximate surface area is 176 Å². The molecule has 0 aliphatic rings. The number of carbonyl (C=O) groups is 1. The molecule has 0 aliphatic carbocycles. The first kappa shape index (κ1) is 23.3. The first-order chi connectivity index (χ1) is 15.0. The molecule has 1 atom stereocenters. The quantitative estimate of drug-likeness (QED) is 0.489. The molecular weight excluding hydrogens is 447 g/mol. The third kappa shape index (κ3) is 5.26. The van der Waals surface area contributed by atoms with E-state index >= 15 is 0 Å². The van der Waals surface area contributed by atoms with Crippen molar-refractivity contribution in [2.24, 2.45) is 0 Å². The highest BCUT2D eigenvalue weighted by molar-refractivity contribution is 5.93. The number of alkyl halides is 7. The standard InChI is InChI=1S/C19H16F7N5O/c1-10(31-15(17(22)23)6-14(29-31)16(20)21)18(32)28-13-7-27-30(9-13)8-11-3-2-4-12(5-11)19(24,25)26/h2-7,9-10,16-17H,8H2,1H3,(H,28,32). The molecular formula is C19H16F7N5O. The molecule has 3 aromatic rings. The number of aromatic nitrogens is 4. The number of amides is 1. The highest BCUT2D eigenvalue weighted by atomic mass is 19.4. The maximum atomic E-state index is 13.1. The minimum Gasteiger partial charge on any atom is -0.322 e. The van der Waals surface area contributed by atoms with Crippen molar-refractivity contribution in [2.75, 3.05) is 5.32 Å². The lowest BCUT2D eigenvalue weighted by Gasteiger charge is -2.14. The monoisotopic (exact) mass is 463 g/mol. The van der Waals surface area contributed by atoms with Gasteiger partial charge < -0.3 is 5.32 Å². The van der Waals surface area contributed by atoms with Crippen molar-refractivity contribution in [1.29, 1.82) is 0 Å². The van der Waals surface area contributed by atoms with Crippen LogP contribution in [-0.4, -0.2) is 25.5 Å². The number of anilines is 1. The van der Waals surface area contributed by atoms with E-state index in [1.54, 1.807) is 0 Å². The van der Waals surface area contributed by atoms with Crippen LogP contribution in [0.2, 0.25) is 0 Å². The smallest absolute Gasteiger partial charge is 0.322 e. The van der Waals surface area contributed by atoms with E-state index in [1.165, 1.54) is 36.1 Å². The fourth-order valence-corrected chi connectivity index (χ4v) is 2.91. The molecule has 0 saturated carbocycles. The zero-order chi connectivity index (χ0) is 23.6. The van der Waals surface area contributed by atoms with Gasteiger partial charge in [0.2, 0.25) is 5.91 Å². The summed E-state index contributed by atoms with van der Waals surface area (Å²) >= 11 is 0. The van der Waals surface area contributed by atoms with Crippen molar-refractivity contribution in [3.8, 4) is 0 Å². The summed E-state index contributed by atoms with van der Waals surface area (Å²) in [6.45, 7) is 1.18. The van der Waals surface area contributed by atoms with Gasteiger partial charge in [0.1, 0.15) is 17.4 Å². The van der Waals surface area contributed by atoms with Crippen LogP contribution < -0.4 is 5.32 Å². The van der Waals surface area contributed by atoms with Gasteiger partial charge in [-0.15, -0.1) is 0 Å². The Morgan fingerprint density at radius 2 is 1.84 bits per heavy atom. The molecule has 0 fully saturated rings. The summed E-state index contributed by atoms with van der Waals surface area (Å²) < 4.78 is 92.2. The second-order valence-corrected chi connectivity index (χ2v) is 6.83. The van der Waals surface area contributed by atoms with Crippen LogP contribution in [0, 0.1) is 0 Å². The lowest BCUT2D eigenvalue weighted by molar-refractivity contribution is -0.137. The Balaban J connectivity index is 1.71. The van der Waals surface area contributed by atoms with Crippen molar-refractivity contribution in [3.05, 3.63) is 65.2 Å². The SMILES string of the molecule is CC(C(=O)Nc1cnn(Cc2cccc(C(F)(F)F)c2)c1)n1nc(C(F)F)cc1C(F)F. The largest absolute Gasteiger partial charge is 0.416 e. The van der Waals surface area contributed by atoms with E-state index < -0.39 is 47.9 Å². The minimum atomic E-state index is -4.50. The molecule has 32 heavy (non-hydrogen) atoms. The molecule has 1 unspecified atom stereocenters. The van der Waals surface area contributed by atoms with E-state index in [0.29, 0.717) is 16.3 Å². The molecule has 1 aromatic carbocycles. The zero-order valence-corrected chi connectivity index (χ0v) is 16.3. The number of hydrogen-bond donors (Lipinski definition) is 1. The predicted octanol–water partition coefficient (Wildman–Crippen LogP) is 5.22. The average molecular weight is 463 g/mol. The van der Waals surface area contributed by atoms with Crippen LogP contribution in [-0.2, 0) is 17.5 Å². The Kier molecular flexibility index (Phi) is 6.55. The van der Waals surface area contributed by atoms with Gasteiger partial charge in [-0.3, -0.25) is 14.2 Å². The molecule has 0 saturated heterocycles. The highest BCUT2D eigenvalue weighted by Crippen LogP contribution is 2.30. The van der Waals surface area contributed by atoms with Crippen LogP contribution in [0.1, 0.15) is 48.3 Å². The summed E-state index contributed by atoms with van der Waals surface area (Å²) in [6.07, 6.45) is -8.17. The molecule has 0 aliphatic heterocycles. The van der Waals surface area contributed by atoms with E-state index in [9.17, 15) is 35.5 Å². The Morgan fingerprint density at radius 1 is 1.12 bits per heavy atom. The molecule has 2 heterocycles. The molecule has 0 bridgehead atoms. The van der Waals surface area contributed by atoms with Crippen LogP contribution in [0.4, 0.5) is 36.4 Å². The number of rotatable bonds is 7. The molecule has 1 N–H and O–H groups in total. The summed E-state index contributed by atoms with van der Waals surface area (Å²) in [4.78, 5) is 12.4. The summed E-state index contributed by atoms with van der Waals surface area (Å²) in [5.41, 5.74) is -2.08. The Morgan fingerprint density at radius 3 is 2.47 bits per heavy atom. The topological polar surface area (TPSA) is 64.7 Å². The maximum absolute atomic E-state index is 13.1. The number of nitrogens with one attached hydrogen (secondary N) is 1. The molecule has 6 nitrogen and oxygen atoms in total. The molecule has 3 rings (SSSR count). The third-order valence-electron chi connectivity index (χ3n) is 4.48. The first-order valence-corrected chi connectivity index (χ1v) is 9.10. The lowest BCUT2D eigenvalue weighted by atomic mass is 10.1. The van der Waals surface area contributed by atoms with Crippen LogP contribution in [0.3, 0.4) is 0 Å². The van der Waals surface area contributed by atoms with Crippen LogP contribution in [0.15, 0.2) is 42.7 Å². The highest BCUT2D eigenvalue weighted by Gasteiger charge is 2.30. The van der Waals surface area contributed by atoms with Crippen molar-refractivity contribution in [2.45, 2.75) is 38.5 Å². The first-order valence-electron chi connectivity index (χ1n) is 9.10. The van der Waals surface area contributed by atoms with Gasteiger partial charge in [0.15, 0.2) is 0 Å². The summed E-state index contributed by atoms with van der Waals surface area (Å²) in [7, 11) is 0. The molecule has 2 aromatic heterocycles. The van der Waals surface area contributed by atoms with Gasteiger partial charge in [0, 0.05) is 6.20 Å². The third-order valence-corrected chi connectivity index (χ3v) is 4.48. The van der Waals surface area contributed by atoms with Gasteiger partial charge >= 0.3 is 6.18 Å². The van der Waals surface area contributed by atoms with Gasteiger partial charge in [-0.25, -0.2) is 17.6 Å². The zero-order valence-electron chi connectivity index (χ0n) is 16.3. The van der Waals surface area contributed by atoms with Crippen molar-refractivity contribution in [3.63, 3.8) is 0 Å². The van der Waals surface area contributed by atoms with Gasteiger partial charge in [-0.1, -0.05) is 12.1 Å². The second-order valence-electron chi connectivity index (χ2n) is 6.83. The van der Waals surface area contributed by atoms with E-state index in [0.717, 1.165) is 12.1 Å². The van der Waals surface area contributed by atoms with Crippen LogP contribution in [0.5, 0.6) is 0 Å². The molecule has 0 spiro atoms. The normalized spacial score (nSPS) is 13.1. The van der Waals surface area contributed by atoms with Gasteiger partial charge in [0.25, 0.3) is 12.9 Å². The van der Waals surface area contributed by atoms with Crippen molar-refractivity contribution < 1.29 is 35.5 Å². The molecule has 13 heteroatoms. The lowest BCUT2D eigenvalue weighted by Crippen LogP contribution is -2.25. The van der Waals surface area contributed by atoms with Crippen molar-refractivity contribution in [1.82, 2.24) is 19.6 Å². The minimum absolute atomic E-state index is 0.0260. The molecule has 0 radical (unpaired) electrons. The fraction of sp³-hybridized carbons (Fsp3) is 0.316. The van der Waals surface area contributed by atoms with Crippen LogP contribution in [0.25, 0.3) is 0 Å². The summed E-state index contributed by atoms with van der Waals surface area (Å²) in [5, 5.41) is 9.73. The van der Waals surface area contributed by atoms with Gasteiger partial charge in [-0.2, -0.15) is 23.4 Å². The van der Waals surface area contributed by atoms with Crippen LogP contribution >= 0.6 is 0 Å². The van der Waals surface area contributed by atoms with E-state index in [-0.39, 0.29) is 12.2 Å². The van der Waals surface area contributed by atoms with Crippen molar-refractivity contribution >= 4 is 11.6 Å². The van der Waals surface area contributed by atoms with E-state index in [4.69, 9.17) is 0 Å². The van der Waals surface area contributed by atoms with E-state index in [1.807, 2.05) is 0 Å².